The Balaban J connectivity index is 1.49. The lowest BCUT2D eigenvalue weighted by Gasteiger charge is -2.33. The quantitative estimate of drug-likeness (QED) is 0.431. The SMILES string of the molecule is COc1ccc(N2C(=O)[C@@H](CC(=O)Nc3ccc(Br)cc3)N(CCCN3CCN(C)CC3)C2=S)cc1Cl. The van der Waals surface area contributed by atoms with Crippen LogP contribution in [0.4, 0.5) is 11.4 Å². The van der Waals surface area contributed by atoms with Crippen molar-refractivity contribution >= 4 is 68.1 Å². The van der Waals surface area contributed by atoms with Crippen LogP contribution >= 0.6 is 39.7 Å². The topological polar surface area (TPSA) is 68.4 Å². The van der Waals surface area contributed by atoms with Gasteiger partial charge in [-0.1, -0.05) is 27.5 Å². The van der Waals surface area contributed by atoms with Gasteiger partial charge in [0.25, 0.3) is 5.91 Å². The third kappa shape index (κ3) is 6.80. The van der Waals surface area contributed by atoms with Crippen LogP contribution in [0, 0.1) is 0 Å². The first-order chi connectivity index (χ1) is 17.8. The third-order valence-corrected chi connectivity index (χ3v) is 7.93. The molecule has 2 heterocycles. The highest BCUT2D eigenvalue weighted by Crippen LogP contribution is 2.33. The molecule has 2 saturated heterocycles. The smallest absolute Gasteiger partial charge is 0.256 e. The van der Waals surface area contributed by atoms with Crippen molar-refractivity contribution in [3.63, 3.8) is 0 Å². The fraction of sp³-hybridized carbons (Fsp3) is 0.423. The number of benzene rings is 2. The van der Waals surface area contributed by atoms with Crippen molar-refractivity contribution in [1.29, 1.82) is 0 Å². The molecule has 2 aromatic rings. The average Bonchev–Trinajstić information content (AvgIpc) is 3.10. The van der Waals surface area contributed by atoms with Crippen LogP contribution in [0.15, 0.2) is 46.9 Å². The Morgan fingerprint density at radius 1 is 1.14 bits per heavy atom. The fourth-order valence-electron chi connectivity index (χ4n) is 4.58. The van der Waals surface area contributed by atoms with Gasteiger partial charge in [-0.2, -0.15) is 0 Å². The number of methoxy groups -OCH3 is 1. The molecule has 0 unspecified atom stereocenters. The van der Waals surface area contributed by atoms with Crippen LogP contribution in [0.1, 0.15) is 12.8 Å². The Morgan fingerprint density at radius 3 is 2.49 bits per heavy atom. The van der Waals surface area contributed by atoms with Crippen LogP contribution in [-0.2, 0) is 9.59 Å². The summed E-state index contributed by atoms with van der Waals surface area (Å²) >= 11 is 15.5. The molecule has 2 aromatic carbocycles. The third-order valence-electron chi connectivity index (χ3n) is 6.69. The Hall–Kier alpha value is -2.24. The van der Waals surface area contributed by atoms with Gasteiger partial charge < -0.3 is 24.8 Å². The molecule has 0 aliphatic carbocycles. The normalized spacial score (nSPS) is 19.0. The van der Waals surface area contributed by atoms with Crippen molar-refractivity contribution in [2.75, 3.05) is 63.6 Å². The summed E-state index contributed by atoms with van der Waals surface area (Å²) in [5.41, 5.74) is 1.22. The molecule has 2 aliphatic heterocycles. The monoisotopic (exact) mass is 607 g/mol. The minimum Gasteiger partial charge on any atom is -0.495 e. The van der Waals surface area contributed by atoms with E-state index in [1.54, 1.807) is 18.2 Å². The number of ether oxygens (including phenoxy) is 1. The van der Waals surface area contributed by atoms with Gasteiger partial charge in [-0.05, 0) is 74.7 Å². The Morgan fingerprint density at radius 2 is 1.84 bits per heavy atom. The van der Waals surface area contributed by atoms with Gasteiger partial charge in [-0.3, -0.25) is 14.5 Å². The first-order valence-electron chi connectivity index (χ1n) is 12.2. The highest BCUT2D eigenvalue weighted by Gasteiger charge is 2.44. The Labute approximate surface area is 236 Å². The highest BCUT2D eigenvalue weighted by atomic mass is 79.9. The summed E-state index contributed by atoms with van der Waals surface area (Å²) in [5, 5.41) is 3.66. The number of thiocarbonyl (C=S) groups is 1. The van der Waals surface area contributed by atoms with Gasteiger partial charge in [0, 0.05) is 42.9 Å². The molecule has 0 bridgehead atoms. The number of carbonyl (C=O) groups is 2. The number of carbonyl (C=O) groups excluding carboxylic acids is 2. The van der Waals surface area contributed by atoms with Gasteiger partial charge in [0.15, 0.2) is 5.11 Å². The van der Waals surface area contributed by atoms with Crippen molar-refractivity contribution in [1.82, 2.24) is 14.7 Å². The summed E-state index contributed by atoms with van der Waals surface area (Å²) in [6.45, 7) is 5.63. The molecule has 1 N–H and O–H groups in total. The van der Waals surface area contributed by atoms with E-state index in [0.717, 1.165) is 43.6 Å². The zero-order chi connectivity index (χ0) is 26.5. The molecule has 0 aromatic heterocycles. The lowest BCUT2D eigenvalue weighted by atomic mass is 10.1. The summed E-state index contributed by atoms with van der Waals surface area (Å²) in [6, 6.07) is 11.7. The molecule has 2 fully saturated rings. The highest BCUT2D eigenvalue weighted by molar-refractivity contribution is 9.10. The van der Waals surface area contributed by atoms with Crippen molar-refractivity contribution in [2.45, 2.75) is 18.9 Å². The van der Waals surface area contributed by atoms with E-state index in [9.17, 15) is 9.59 Å². The van der Waals surface area contributed by atoms with E-state index in [1.807, 2.05) is 29.2 Å². The summed E-state index contributed by atoms with van der Waals surface area (Å²) in [6.07, 6.45) is 0.823. The number of hydrogen-bond donors (Lipinski definition) is 1. The summed E-state index contributed by atoms with van der Waals surface area (Å²) in [5.74, 6) is 0.0244. The van der Waals surface area contributed by atoms with E-state index >= 15 is 0 Å². The standard InChI is InChI=1S/C26H31BrClN5O3S/c1-30-12-14-31(15-13-30)10-3-11-32-22(17-24(34)29-19-6-4-18(27)5-7-19)25(35)33(26(32)37)20-8-9-23(36-2)21(28)16-20/h4-9,16,22H,3,10-15,17H2,1-2H3,(H,29,34)/t22-/m1/s1. The Bertz CT molecular complexity index is 1140. The van der Waals surface area contributed by atoms with Gasteiger partial charge >= 0.3 is 0 Å². The van der Waals surface area contributed by atoms with Crippen molar-refractivity contribution in [2.24, 2.45) is 0 Å². The molecule has 4 rings (SSSR count). The van der Waals surface area contributed by atoms with Crippen molar-refractivity contribution in [3.8, 4) is 5.75 Å². The second-order valence-corrected chi connectivity index (χ2v) is 10.9. The van der Waals surface area contributed by atoms with Gasteiger partial charge in [-0.15, -0.1) is 0 Å². The van der Waals surface area contributed by atoms with E-state index in [1.165, 1.54) is 12.0 Å². The number of piperazine rings is 1. The molecule has 198 valence electrons. The lowest BCUT2D eigenvalue weighted by Crippen LogP contribution is -2.45. The lowest BCUT2D eigenvalue weighted by molar-refractivity contribution is -0.124. The Kier molecular flexibility index (Phi) is 9.41. The zero-order valence-corrected chi connectivity index (χ0v) is 24.1. The molecule has 0 saturated carbocycles. The maximum Gasteiger partial charge on any atom is 0.256 e. The summed E-state index contributed by atoms with van der Waals surface area (Å²) < 4.78 is 6.17. The maximum atomic E-state index is 13.6. The number of halogens is 2. The van der Waals surface area contributed by atoms with Crippen LogP contribution in [0.3, 0.4) is 0 Å². The van der Waals surface area contributed by atoms with E-state index < -0.39 is 6.04 Å². The molecule has 11 heteroatoms. The number of anilines is 2. The first-order valence-corrected chi connectivity index (χ1v) is 13.8. The minimum atomic E-state index is -0.698. The average molecular weight is 609 g/mol. The van der Waals surface area contributed by atoms with Gasteiger partial charge in [0.1, 0.15) is 11.8 Å². The largest absolute Gasteiger partial charge is 0.495 e. The number of nitrogens with one attached hydrogen (secondary N) is 1. The second-order valence-electron chi connectivity index (χ2n) is 9.24. The van der Waals surface area contributed by atoms with Gasteiger partial charge in [-0.25, -0.2) is 0 Å². The van der Waals surface area contributed by atoms with Crippen molar-refractivity contribution in [3.05, 3.63) is 52.0 Å². The van der Waals surface area contributed by atoms with E-state index in [4.69, 9.17) is 28.6 Å². The van der Waals surface area contributed by atoms with Gasteiger partial charge in [0.2, 0.25) is 5.91 Å². The molecule has 2 aliphatic rings. The van der Waals surface area contributed by atoms with Crippen LogP contribution in [0.2, 0.25) is 5.02 Å². The van der Waals surface area contributed by atoms with E-state index in [0.29, 0.717) is 33.8 Å². The fourth-order valence-corrected chi connectivity index (χ4v) is 5.51. The predicted octanol–water partition coefficient (Wildman–Crippen LogP) is 4.08. The minimum absolute atomic E-state index is 0.00999. The number of likely N-dealkylation sites (N-methyl/N-ethyl adjacent to an activating group) is 1. The number of rotatable bonds is 9. The predicted molar refractivity (Wildman–Crippen MR) is 155 cm³/mol. The molecule has 1 atom stereocenters. The summed E-state index contributed by atoms with van der Waals surface area (Å²) in [7, 11) is 3.67. The second kappa shape index (κ2) is 12.5. The van der Waals surface area contributed by atoms with Gasteiger partial charge in [0.05, 0.1) is 24.2 Å². The molecular formula is C26H31BrClN5O3S. The first kappa shape index (κ1) is 27.8. The van der Waals surface area contributed by atoms with E-state index in [2.05, 4.69) is 38.1 Å². The maximum absolute atomic E-state index is 13.6. The van der Waals surface area contributed by atoms with Crippen LogP contribution < -0.4 is 15.0 Å². The number of hydrogen-bond acceptors (Lipinski definition) is 6. The summed E-state index contributed by atoms with van der Waals surface area (Å²) in [4.78, 5) is 34.7. The molecule has 0 spiro atoms. The van der Waals surface area contributed by atoms with E-state index in [-0.39, 0.29) is 18.2 Å². The van der Waals surface area contributed by atoms with Crippen molar-refractivity contribution < 1.29 is 14.3 Å². The van der Waals surface area contributed by atoms with Crippen LogP contribution in [0.5, 0.6) is 5.75 Å². The number of nitrogens with zero attached hydrogens (tertiary/aromatic N) is 4. The molecule has 8 nitrogen and oxygen atoms in total. The molecular weight excluding hydrogens is 578 g/mol. The molecule has 37 heavy (non-hydrogen) atoms. The molecule has 0 radical (unpaired) electrons. The van der Waals surface area contributed by atoms with Crippen LogP contribution in [0.25, 0.3) is 0 Å². The number of amides is 2. The van der Waals surface area contributed by atoms with Crippen LogP contribution in [-0.4, -0.2) is 91.1 Å². The molecule has 2 amide bonds. The zero-order valence-electron chi connectivity index (χ0n) is 21.0.